The number of rotatable bonds is 3. The Morgan fingerprint density at radius 1 is 1.22 bits per heavy atom. The number of carbonyl (C=O) groups excluding carboxylic acids is 1. The minimum Gasteiger partial charge on any atom is -0.359 e. The van der Waals surface area contributed by atoms with Crippen LogP contribution in [0.4, 0.5) is 0 Å². The molecule has 0 bridgehead atoms. The van der Waals surface area contributed by atoms with Crippen LogP contribution in [0.3, 0.4) is 0 Å². The second-order valence-electron chi connectivity index (χ2n) is 7.66. The van der Waals surface area contributed by atoms with Crippen molar-refractivity contribution >= 4 is 5.78 Å². The normalized spacial score (nSPS) is 39.0. The van der Waals surface area contributed by atoms with Crippen LogP contribution in [0.1, 0.15) is 45.4 Å². The molecule has 4 aliphatic rings. The molecule has 1 saturated carbocycles. The van der Waals surface area contributed by atoms with Crippen LogP contribution >= 0.6 is 0 Å². The zero-order chi connectivity index (χ0) is 16.0. The topological polar surface area (TPSA) is 35.5 Å². The molecule has 124 valence electrons. The fraction of sp³-hybridized carbons (Fsp3) is 0.650. The quantitative estimate of drug-likeness (QED) is 0.740. The molecule has 1 fully saturated rings. The highest BCUT2D eigenvalue weighted by atomic mass is 16.7. The van der Waals surface area contributed by atoms with Crippen LogP contribution in [0.15, 0.2) is 34.9 Å². The number of carbonyl (C=O) groups is 1. The molecule has 4 atom stereocenters. The zero-order valence-electron chi connectivity index (χ0n) is 14.1. The second kappa shape index (κ2) is 5.71. The van der Waals surface area contributed by atoms with Crippen molar-refractivity contribution in [3.05, 3.63) is 34.9 Å². The van der Waals surface area contributed by atoms with Crippen LogP contribution in [0.2, 0.25) is 0 Å². The molecule has 0 amide bonds. The number of hydrogen-bond donors (Lipinski definition) is 0. The number of ether oxygens (including phenoxy) is 2. The van der Waals surface area contributed by atoms with E-state index in [-0.39, 0.29) is 11.5 Å². The molecule has 0 spiro atoms. The molecule has 0 heterocycles. The molecule has 0 N–H and O–H groups in total. The summed E-state index contributed by atoms with van der Waals surface area (Å²) in [5.74, 6) is 1.61. The Balaban J connectivity index is 1.69. The maximum Gasteiger partial charge on any atom is 0.156 e. The van der Waals surface area contributed by atoms with Gasteiger partial charge in [0.25, 0.3) is 0 Å². The lowest BCUT2D eigenvalue weighted by molar-refractivity contribution is -0.114. The Labute approximate surface area is 138 Å². The van der Waals surface area contributed by atoms with Crippen molar-refractivity contribution in [2.24, 2.45) is 17.3 Å². The molecule has 0 radical (unpaired) electrons. The highest BCUT2D eigenvalue weighted by Crippen LogP contribution is 2.57. The first-order chi connectivity index (χ1) is 11.1. The first-order valence-electron chi connectivity index (χ1n) is 8.90. The molecule has 4 unspecified atom stereocenters. The van der Waals surface area contributed by atoms with E-state index in [1.54, 1.807) is 7.11 Å². The number of methoxy groups -OCH3 is 1. The van der Waals surface area contributed by atoms with Gasteiger partial charge >= 0.3 is 0 Å². The zero-order valence-corrected chi connectivity index (χ0v) is 14.1. The molecule has 0 saturated heterocycles. The monoisotopic (exact) mass is 314 g/mol. The standard InChI is InChI=1S/C20H26O3/c1-20-10-9-16-15-6-4-14(21)11-13(15)3-5-17(16)18(20)7-8-19(20)23-12-22-2/h9-11,17-19H,3-8,12H2,1-2H3. The molecule has 3 nitrogen and oxygen atoms in total. The van der Waals surface area contributed by atoms with Crippen molar-refractivity contribution in [3.63, 3.8) is 0 Å². The van der Waals surface area contributed by atoms with Crippen molar-refractivity contribution in [3.8, 4) is 0 Å². The lowest BCUT2D eigenvalue weighted by Crippen LogP contribution is -2.40. The average molecular weight is 314 g/mol. The molecular weight excluding hydrogens is 288 g/mol. The van der Waals surface area contributed by atoms with Gasteiger partial charge in [-0.2, -0.15) is 0 Å². The summed E-state index contributed by atoms with van der Waals surface area (Å²) >= 11 is 0. The van der Waals surface area contributed by atoms with E-state index in [0.717, 1.165) is 19.3 Å². The van der Waals surface area contributed by atoms with E-state index in [1.807, 2.05) is 6.08 Å². The van der Waals surface area contributed by atoms with Gasteiger partial charge in [0.1, 0.15) is 6.79 Å². The third-order valence-electron chi connectivity index (χ3n) is 6.54. The molecule has 0 aromatic heterocycles. The van der Waals surface area contributed by atoms with E-state index < -0.39 is 0 Å². The molecule has 0 aromatic carbocycles. The van der Waals surface area contributed by atoms with Crippen LogP contribution in [0.5, 0.6) is 0 Å². The largest absolute Gasteiger partial charge is 0.359 e. The van der Waals surface area contributed by atoms with Crippen molar-refractivity contribution in [1.82, 2.24) is 0 Å². The SMILES string of the molecule is COCOC1CCC2C3CCC4=CC(=O)CCC4=C3C=CC12C. The predicted molar refractivity (Wildman–Crippen MR) is 88.8 cm³/mol. The summed E-state index contributed by atoms with van der Waals surface area (Å²) in [6.45, 7) is 2.74. The summed E-state index contributed by atoms with van der Waals surface area (Å²) in [5, 5.41) is 0. The Morgan fingerprint density at radius 2 is 2.09 bits per heavy atom. The first kappa shape index (κ1) is 15.3. The summed E-state index contributed by atoms with van der Waals surface area (Å²) in [6, 6.07) is 0. The lowest BCUT2D eigenvalue weighted by atomic mass is 9.60. The van der Waals surface area contributed by atoms with E-state index in [9.17, 15) is 4.79 Å². The van der Waals surface area contributed by atoms with Crippen molar-refractivity contribution in [1.29, 1.82) is 0 Å². The highest BCUT2D eigenvalue weighted by Gasteiger charge is 2.52. The van der Waals surface area contributed by atoms with Crippen LogP contribution < -0.4 is 0 Å². The molecule has 23 heavy (non-hydrogen) atoms. The van der Waals surface area contributed by atoms with Crippen LogP contribution in [0.25, 0.3) is 0 Å². The molecular formula is C20H26O3. The summed E-state index contributed by atoms with van der Waals surface area (Å²) in [7, 11) is 1.69. The summed E-state index contributed by atoms with van der Waals surface area (Å²) in [5.41, 5.74) is 4.43. The number of allylic oxidation sites excluding steroid dienone is 5. The Morgan fingerprint density at radius 3 is 2.91 bits per heavy atom. The third kappa shape index (κ3) is 2.36. The van der Waals surface area contributed by atoms with Crippen LogP contribution in [0, 0.1) is 17.3 Å². The molecule has 0 aliphatic heterocycles. The van der Waals surface area contributed by atoms with Crippen molar-refractivity contribution < 1.29 is 14.3 Å². The van der Waals surface area contributed by atoms with Gasteiger partial charge in [-0.25, -0.2) is 0 Å². The van der Waals surface area contributed by atoms with Gasteiger partial charge in [0.15, 0.2) is 5.78 Å². The molecule has 4 aliphatic carbocycles. The Hall–Kier alpha value is -1.19. The number of fused-ring (bicyclic) bond motifs is 4. The van der Waals surface area contributed by atoms with Gasteiger partial charge in [-0.1, -0.05) is 19.1 Å². The maximum atomic E-state index is 11.7. The van der Waals surface area contributed by atoms with Gasteiger partial charge in [0.2, 0.25) is 0 Å². The molecule has 4 rings (SSSR count). The van der Waals surface area contributed by atoms with Crippen LogP contribution in [-0.2, 0) is 14.3 Å². The fourth-order valence-corrected chi connectivity index (χ4v) is 5.39. The Kier molecular flexibility index (Phi) is 3.81. The van der Waals surface area contributed by atoms with Crippen LogP contribution in [-0.4, -0.2) is 25.8 Å². The summed E-state index contributed by atoms with van der Waals surface area (Å²) < 4.78 is 11.1. The van der Waals surface area contributed by atoms with E-state index in [2.05, 4.69) is 19.1 Å². The average Bonchev–Trinajstić information content (AvgIpc) is 2.89. The molecule has 0 aromatic rings. The molecule has 3 heteroatoms. The van der Waals surface area contributed by atoms with Crippen molar-refractivity contribution in [2.75, 3.05) is 13.9 Å². The third-order valence-corrected chi connectivity index (χ3v) is 6.54. The van der Waals surface area contributed by atoms with Gasteiger partial charge in [-0.3, -0.25) is 4.79 Å². The second-order valence-corrected chi connectivity index (χ2v) is 7.66. The van der Waals surface area contributed by atoms with E-state index in [4.69, 9.17) is 9.47 Å². The van der Waals surface area contributed by atoms with Gasteiger partial charge < -0.3 is 9.47 Å². The highest BCUT2D eigenvalue weighted by molar-refractivity contribution is 5.93. The van der Waals surface area contributed by atoms with Gasteiger partial charge in [0.05, 0.1) is 6.10 Å². The first-order valence-corrected chi connectivity index (χ1v) is 8.90. The minimum atomic E-state index is 0.124. The van der Waals surface area contributed by atoms with E-state index in [0.29, 0.717) is 30.8 Å². The number of hydrogen-bond acceptors (Lipinski definition) is 3. The van der Waals surface area contributed by atoms with Gasteiger partial charge in [-0.15, -0.1) is 0 Å². The van der Waals surface area contributed by atoms with E-state index in [1.165, 1.54) is 29.6 Å². The fourth-order valence-electron chi connectivity index (χ4n) is 5.39. The lowest BCUT2D eigenvalue weighted by Gasteiger charge is -2.45. The van der Waals surface area contributed by atoms with Gasteiger partial charge in [0, 0.05) is 18.9 Å². The van der Waals surface area contributed by atoms with Crippen molar-refractivity contribution in [2.45, 2.75) is 51.6 Å². The van der Waals surface area contributed by atoms with Gasteiger partial charge in [-0.05, 0) is 66.7 Å². The minimum absolute atomic E-state index is 0.124. The summed E-state index contributed by atoms with van der Waals surface area (Å²) in [4.78, 5) is 11.7. The smallest absolute Gasteiger partial charge is 0.156 e. The predicted octanol–water partition coefficient (Wildman–Crippen LogP) is 3.96. The number of ketones is 1. The maximum absolute atomic E-state index is 11.7. The van der Waals surface area contributed by atoms with E-state index >= 15 is 0 Å². The summed E-state index contributed by atoms with van der Waals surface area (Å²) in [6.07, 6.45) is 13.1. The Bertz CT molecular complexity index is 612.